The molecule has 5 heteroatoms. The average molecular weight is 295 g/mol. The van der Waals surface area contributed by atoms with E-state index < -0.39 is 0 Å². The molecule has 20 heavy (non-hydrogen) atoms. The number of fused-ring (bicyclic) bond motifs is 3. The lowest BCUT2D eigenvalue weighted by Gasteiger charge is -2.20. The van der Waals surface area contributed by atoms with Gasteiger partial charge in [-0.2, -0.15) is 0 Å². The first-order chi connectivity index (χ1) is 9.29. The molecule has 0 saturated carbocycles. The monoisotopic (exact) mass is 294 g/mol. The van der Waals surface area contributed by atoms with Gasteiger partial charge in [0.2, 0.25) is 0 Å². The van der Waals surface area contributed by atoms with Crippen molar-refractivity contribution in [2.45, 2.75) is 43.9 Å². The Morgan fingerprint density at radius 3 is 3.00 bits per heavy atom. The Balaban J connectivity index is 0.00000121. The highest BCUT2D eigenvalue weighted by molar-refractivity contribution is 5.95. The molecule has 4 rings (SSSR count). The zero-order chi connectivity index (χ0) is 12.8. The van der Waals surface area contributed by atoms with E-state index in [1.54, 1.807) is 0 Å². The van der Waals surface area contributed by atoms with Crippen LogP contribution in [-0.4, -0.2) is 30.7 Å². The van der Waals surface area contributed by atoms with Gasteiger partial charge in [0.1, 0.15) is 0 Å². The van der Waals surface area contributed by atoms with E-state index in [0.717, 1.165) is 37.8 Å². The number of benzene rings is 1. The summed E-state index contributed by atoms with van der Waals surface area (Å²) in [5.41, 5.74) is 3.18. The Bertz CT molecular complexity index is 535. The van der Waals surface area contributed by atoms with Gasteiger partial charge in [-0.25, -0.2) is 0 Å². The number of anilines is 1. The SMILES string of the molecule is Cl.O=C(NC1CC2CCC1O2)c1ccc2c(c1)CCN2. The maximum atomic E-state index is 12.3. The predicted octanol–water partition coefficient (Wildman–Crippen LogP) is 2.13. The third-order valence-electron chi connectivity index (χ3n) is 4.50. The van der Waals surface area contributed by atoms with E-state index in [-0.39, 0.29) is 30.5 Å². The standard InChI is InChI=1S/C15H18N2O2.ClH/c18-15(17-13-8-11-2-4-14(13)19-11)10-1-3-12-9(7-10)5-6-16-12;/h1,3,7,11,13-14,16H,2,4-6,8H2,(H,17,18);1H. The van der Waals surface area contributed by atoms with Gasteiger partial charge in [0.15, 0.2) is 0 Å². The molecule has 0 aromatic heterocycles. The van der Waals surface area contributed by atoms with Gasteiger partial charge in [-0.05, 0) is 49.4 Å². The van der Waals surface area contributed by atoms with Crippen molar-refractivity contribution in [3.8, 4) is 0 Å². The van der Waals surface area contributed by atoms with Gasteiger partial charge in [0.25, 0.3) is 5.91 Å². The zero-order valence-electron chi connectivity index (χ0n) is 11.2. The molecule has 3 heterocycles. The van der Waals surface area contributed by atoms with E-state index in [2.05, 4.69) is 10.6 Å². The molecule has 0 radical (unpaired) electrons. The molecule has 108 valence electrons. The maximum Gasteiger partial charge on any atom is 0.251 e. The molecular weight excluding hydrogens is 276 g/mol. The highest BCUT2D eigenvalue weighted by Crippen LogP contribution is 2.34. The molecule has 1 aromatic rings. The largest absolute Gasteiger partial charge is 0.384 e. The summed E-state index contributed by atoms with van der Waals surface area (Å²) in [6.45, 7) is 0.973. The van der Waals surface area contributed by atoms with Gasteiger partial charge < -0.3 is 15.4 Å². The number of ether oxygens (including phenoxy) is 1. The molecule has 0 spiro atoms. The first-order valence-electron chi connectivity index (χ1n) is 7.13. The zero-order valence-corrected chi connectivity index (χ0v) is 12.0. The minimum absolute atomic E-state index is 0. The van der Waals surface area contributed by atoms with Crippen LogP contribution in [0.25, 0.3) is 0 Å². The molecule has 4 nitrogen and oxygen atoms in total. The van der Waals surface area contributed by atoms with Crippen LogP contribution >= 0.6 is 12.4 Å². The van der Waals surface area contributed by atoms with Gasteiger partial charge in [0.05, 0.1) is 18.2 Å². The van der Waals surface area contributed by atoms with Crippen LogP contribution in [0.2, 0.25) is 0 Å². The molecule has 2 N–H and O–H groups in total. The minimum Gasteiger partial charge on any atom is -0.384 e. The number of amides is 1. The Hall–Kier alpha value is -1.26. The van der Waals surface area contributed by atoms with E-state index in [9.17, 15) is 4.79 Å². The van der Waals surface area contributed by atoms with Gasteiger partial charge >= 0.3 is 0 Å². The fourth-order valence-electron chi connectivity index (χ4n) is 3.49. The highest BCUT2D eigenvalue weighted by Gasteiger charge is 2.41. The van der Waals surface area contributed by atoms with Crippen LogP contribution in [0, 0.1) is 0 Å². The highest BCUT2D eigenvalue weighted by atomic mass is 35.5. The average Bonchev–Trinajstić information content (AvgIpc) is 3.13. The van der Waals surface area contributed by atoms with Crippen molar-refractivity contribution in [3.05, 3.63) is 29.3 Å². The molecule has 3 atom stereocenters. The van der Waals surface area contributed by atoms with E-state index >= 15 is 0 Å². The number of halogens is 1. The molecule has 1 aromatic carbocycles. The molecule has 1 amide bonds. The van der Waals surface area contributed by atoms with Crippen LogP contribution in [-0.2, 0) is 11.2 Å². The number of hydrogen-bond acceptors (Lipinski definition) is 3. The van der Waals surface area contributed by atoms with E-state index in [1.165, 1.54) is 11.3 Å². The third-order valence-corrected chi connectivity index (χ3v) is 4.50. The van der Waals surface area contributed by atoms with Crippen LogP contribution in [0.5, 0.6) is 0 Å². The summed E-state index contributed by atoms with van der Waals surface area (Å²) < 4.78 is 5.77. The van der Waals surface area contributed by atoms with Crippen molar-refractivity contribution in [2.24, 2.45) is 0 Å². The van der Waals surface area contributed by atoms with Crippen molar-refractivity contribution in [3.63, 3.8) is 0 Å². The molecule has 3 aliphatic heterocycles. The number of rotatable bonds is 2. The number of nitrogens with one attached hydrogen (secondary N) is 2. The van der Waals surface area contributed by atoms with Gasteiger partial charge in [0, 0.05) is 17.8 Å². The Kier molecular flexibility index (Phi) is 3.61. The lowest BCUT2D eigenvalue weighted by Crippen LogP contribution is -2.41. The fraction of sp³-hybridized carbons (Fsp3) is 0.533. The summed E-state index contributed by atoms with van der Waals surface area (Å²) in [5.74, 6) is 0.0378. The Labute approximate surface area is 124 Å². The van der Waals surface area contributed by atoms with Gasteiger partial charge in [-0.1, -0.05) is 0 Å². The second kappa shape index (κ2) is 5.26. The number of hydrogen-bond donors (Lipinski definition) is 2. The molecule has 2 fully saturated rings. The number of carbonyl (C=O) groups excluding carboxylic acids is 1. The van der Waals surface area contributed by atoms with Crippen molar-refractivity contribution in [1.29, 1.82) is 0 Å². The molecule has 3 unspecified atom stereocenters. The second-order valence-electron chi connectivity index (χ2n) is 5.74. The molecule has 3 aliphatic rings. The van der Waals surface area contributed by atoms with Crippen LogP contribution in [0.3, 0.4) is 0 Å². The summed E-state index contributed by atoms with van der Waals surface area (Å²) in [6.07, 6.45) is 4.84. The van der Waals surface area contributed by atoms with Crippen molar-refractivity contribution in [1.82, 2.24) is 5.32 Å². The van der Waals surface area contributed by atoms with E-state index in [4.69, 9.17) is 4.74 Å². The predicted molar refractivity (Wildman–Crippen MR) is 79.6 cm³/mol. The summed E-state index contributed by atoms with van der Waals surface area (Å²) in [4.78, 5) is 12.3. The van der Waals surface area contributed by atoms with E-state index in [1.807, 2.05) is 18.2 Å². The summed E-state index contributed by atoms with van der Waals surface area (Å²) in [6, 6.07) is 6.13. The first-order valence-corrected chi connectivity index (χ1v) is 7.13. The van der Waals surface area contributed by atoms with Gasteiger partial charge in [-0.15, -0.1) is 12.4 Å². The lowest BCUT2D eigenvalue weighted by atomic mass is 9.95. The van der Waals surface area contributed by atoms with Crippen molar-refractivity contribution < 1.29 is 9.53 Å². The normalized spacial score (nSPS) is 29.5. The van der Waals surface area contributed by atoms with Crippen molar-refractivity contribution >= 4 is 24.0 Å². The van der Waals surface area contributed by atoms with Crippen LogP contribution in [0.15, 0.2) is 18.2 Å². The third kappa shape index (κ3) is 2.27. The summed E-state index contributed by atoms with van der Waals surface area (Å²) >= 11 is 0. The first kappa shape index (κ1) is 13.7. The molecule has 0 aliphatic carbocycles. The van der Waals surface area contributed by atoms with E-state index in [0.29, 0.717) is 6.10 Å². The quantitative estimate of drug-likeness (QED) is 0.878. The Morgan fingerprint density at radius 1 is 1.35 bits per heavy atom. The summed E-state index contributed by atoms with van der Waals surface area (Å²) in [5, 5.41) is 6.44. The topological polar surface area (TPSA) is 50.4 Å². The maximum absolute atomic E-state index is 12.3. The lowest BCUT2D eigenvalue weighted by molar-refractivity contribution is 0.0841. The smallest absolute Gasteiger partial charge is 0.251 e. The van der Waals surface area contributed by atoms with Crippen LogP contribution in [0.1, 0.15) is 35.2 Å². The molecule has 2 bridgehead atoms. The minimum atomic E-state index is 0. The van der Waals surface area contributed by atoms with Crippen LogP contribution < -0.4 is 10.6 Å². The summed E-state index contributed by atoms with van der Waals surface area (Å²) in [7, 11) is 0. The van der Waals surface area contributed by atoms with Crippen LogP contribution in [0.4, 0.5) is 5.69 Å². The molecular formula is C15H19ClN2O2. The van der Waals surface area contributed by atoms with Crippen molar-refractivity contribution in [2.75, 3.05) is 11.9 Å². The molecule has 2 saturated heterocycles. The number of carbonyl (C=O) groups is 1. The van der Waals surface area contributed by atoms with Gasteiger partial charge in [-0.3, -0.25) is 4.79 Å². The second-order valence-corrected chi connectivity index (χ2v) is 5.74. The fourth-order valence-corrected chi connectivity index (χ4v) is 3.49. The Morgan fingerprint density at radius 2 is 2.25 bits per heavy atom.